The van der Waals surface area contributed by atoms with E-state index in [1.165, 1.54) is 19.6 Å². The summed E-state index contributed by atoms with van der Waals surface area (Å²) in [4.78, 5) is 0. The molecule has 4 nitrogen and oxygen atoms in total. The Balaban J connectivity index is 2.01. The summed E-state index contributed by atoms with van der Waals surface area (Å²) in [6, 6.07) is 0. The molecule has 1 unspecified atom stereocenters. The van der Waals surface area contributed by atoms with Gasteiger partial charge in [0.15, 0.2) is 0 Å². The van der Waals surface area contributed by atoms with E-state index in [0.717, 1.165) is 35.2 Å². The predicted octanol–water partition coefficient (Wildman–Crippen LogP) is 0.575. The van der Waals surface area contributed by atoms with Gasteiger partial charge in [0.05, 0.1) is 61.6 Å². The lowest BCUT2D eigenvalue weighted by Gasteiger charge is -2.33. The van der Waals surface area contributed by atoms with Crippen LogP contribution in [0, 0.1) is 0 Å². The molecule has 0 aromatic heterocycles. The highest BCUT2D eigenvalue weighted by Gasteiger charge is 2.23. The van der Waals surface area contributed by atoms with Gasteiger partial charge in [0.1, 0.15) is 19.2 Å². The molecule has 0 aliphatic carbocycles. The first-order valence-electron chi connectivity index (χ1n) is 6.60. The lowest BCUT2D eigenvalue weighted by Crippen LogP contribution is -2.49. The molecule has 0 spiro atoms. The molecule has 1 heterocycles. The van der Waals surface area contributed by atoms with Gasteiger partial charge in [0.2, 0.25) is 0 Å². The van der Waals surface area contributed by atoms with Crippen LogP contribution in [0.5, 0.6) is 0 Å². The Morgan fingerprint density at radius 3 is 2.24 bits per heavy atom. The Morgan fingerprint density at radius 2 is 1.71 bits per heavy atom. The van der Waals surface area contributed by atoms with Crippen LogP contribution in [0.4, 0.5) is 0 Å². The maximum atomic E-state index is 5.56. The first-order chi connectivity index (χ1) is 7.79. The lowest BCUT2D eigenvalue weighted by molar-refractivity contribution is -0.937. The monoisotopic (exact) mass is 246 g/mol. The van der Waals surface area contributed by atoms with Gasteiger partial charge in [-0.2, -0.15) is 0 Å². The molecule has 0 aromatic carbocycles. The minimum Gasteiger partial charge on any atom is -0.378 e. The maximum absolute atomic E-state index is 5.56. The van der Waals surface area contributed by atoms with Crippen LogP contribution in [0.15, 0.2) is 0 Å². The van der Waals surface area contributed by atoms with Crippen molar-refractivity contribution in [3.05, 3.63) is 0 Å². The summed E-state index contributed by atoms with van der Waals surface area (Å²) >= 11 is 0. The summed E-state index contributed by atoms with van der Waals surface area (Å²) in [5, 5.41) is 0. The third-order valence-corrected chi connectivity index (χ3v) is 3.13. The van der Waals surface area contributed by atoms with Gasteiger partial charge in [-0.05, 0) is 0 Å². The molecular weight excluding hydrogens is 216 g/mol. The molecule has 0 radical (unpaired) electrons. The van der Waals surface area contributed by atoms with E-state index in [4.69, 9.17) is 9.47 Å². The molecule has 1 atom stereocenters. The van der Waals surface area contributed by atoms with Crippen molar-refractivity contribution in [1.82, 2.24) is 0 Å². The van der Waals surface area contributed by atoms with Crippen LogP contribution in [0.2, 0.25) is 0 Å². The molecule has 1 aliphatic heterocycles. The van der Waals surface area contributed by atoms with Gasteiger partial charge < -0.3 is 18.4 Å². The van der Waals surface area contributed by atoms with Crippen LogP contribution in [0.3, 0.4) is 0 Å². The van der Waals surface area contributed by atoms with E-state index in [1.54, 1.807) is 0 Å². The second kappa shape index (κ2) is 6.14. The normalized spacial score (nSPS) is 20.6. The van der Waals surface area contributed by atoms with Gasteiger partial charge in [0.25, 0.3) is 0 Å². The van der Waals surface area contributed by atoms with Gasteiger partial charge in [-0.3, -0.25) is 0 Å². The minimum absolute atomic E-state index is 0.399. The van der Waals surface area contributed by atoms with Crippen molar-refractivity contribution in [2.75, 3.05) is 74.7 Å². The first kappa shape index (κ1) is 14.9. The fourth-order valence-corrected chi connectivity index (χ4v) is 1.66. The lowest BCUT2D eigenvalue weighted by atomic mass is 10.3. The number of hydrogen-bond donors (Lipinski definition) is 0. The van der Waals surface area contributed by atoms with Gasteiger partial charge in [-0.1, -0.05) is 0 Å². The Kier molecular flexibility index (Phi) is 5.38. The van der Waals surface area contributed by atoms with Crippen LogP contribution in [-0.4, -0.2) is 89.8 Å². The van der Waals surface area contributed by atoms with E-state index in [2.05, 4.69) is 35.2 Å². The van der Waals surface area contributed by atoms with Crippen molar-refractivity contribution < 1.29 is 18.4 Å². The Morgan fingerprint density at radius 1 is 1.06 bits per heavy atom. The minimum atomic E-state index is 0.399. The fraction of sp³-hybridized carbons (Fsp3) is 1.00. The topological polar surface area (TPSA) is 21.8 Å². The molecule has 102 valence electrons. The quantitative estimate of drug-likeness (QED) is 0.337. The molecular formula is C13H30N2O2+2. The van der Waals surface area contributed by atoms with E-state index in [0.29, 0.717) is 6.10 Å². The Bertz CT molecular complexity index is 220. The Hall–Kier alpha value is -0.160. The number of epoxide rings is 1. The summed E-state index contributed by atoms with van der Waals surface area (Å²) < 4.78 is 12.8. The molecule has 4 heteroatoms. The second-order valence-electron chi connectivity index (χ2n) is 6.78. The standard InChI is InChI=1S/C13H30N2O2/c1-14(2,3)8-9-15(4,5)7-6-10-16-11-13-12-17-13/h13H,6-12H2,1-5H3/q+2. The molecule has 0 aromatic rings. The second-order valence-corrected chi connectivity index (χ2v) is 6.78. The molecule has 1 fully saturated rings. The fourth-order valence-electron chi connectivity index (χ4n) is 1.66. The predicted molar refractivity (Wildman–Crippen MR) is 69.9 cm³/mol. The van der Waals surface area contributed by atoms with Crippen LogP contribution in [0.25, 0.3) is 0 Å². The van der Waals surface area contributed by atoms with E-state index >= 15 is 0 Å². The molecule has 1 aliphatic rings. The van der Waals surface area contributed by atoms with Gasteiger partial charge in [0, 0.05) is 6.42 Å². The number of ether oxygens (including phenoxy) is 2. The smallest absolute Gasteiger partial charge is 0.128 e. The summed E-state index contributed by atoms with van der Waals surface area (Å²) in [5.74, 6) is 0. The van der Waals surface area contributed by atoms with E-state index in [1.807, 2.05) is 0 Å². The largest absolute Gasteiger partial charge is 0.378 e. The highest BCUT2D eigenvalue weighted by atomic mass is 16.6. The zero-order valence-electron chi connectivity index (χ0n) is 12.2. The highest BCUT2D eigenvalue weighted by molar-refractivity contribution is 4.66. The van der Waals surface area contributed by atoms with Gasteiger partial charge >= 0.3 is 0 Å². The highest BCUT2D eigenvalue weighted by Crippen LogP contribution is 2.09. The first-order valence-corrected chi connectivity index (χ1v) is 6.60. The van der Waals surface area contributed by atoms with Gasteiger partial charge in [-0.25, -0.2) is 0 Å². The van der Waals surface area contributed by atoms with Crippen molar-refractivity contribution in [3.63, 3.8) is 0 Å². The summed E-state index contributed by atoms with van der Waals surface area (Å²) in [5.41, 5.74) is 0. The SMILES string of the molecule is C[N+](C)(C)CC[N+](C)(C)CCCOCC1CO1. The average molecular weight is 246 g/mol. The van der Waals surface area contributed by atoms with E-state index in [-0.39, 0.29) is 0 Å². The number of hydrogen-bond acceptors (Lipinski definition) is 2. The summed E-state index contributed by atoms with van der Waals surface area (Å²) in [6.45, 7) is 6.16. The number of nitrogens with zero attached hydrogens (tertiary/aromatic N) is 2. The van der Waals surface area contributed by atoms with E-state index < -0.39 is 0 Å². The van der Waals surface area contributed by atoms with Crippen molar-refractivity contribution in [2.24, 2.45) is 0 Å². The molecule has 1 saturated heterocycles. The number of rotatable bonds is 9. The third kappa shape index (κ3) is 8.55. The van der Waals surface area contributed by atoms with Crippen molar-refractivity contribution in [3.8, 4) is 0 Å². The molecule has 0 amide bonds. The van der Waals surface area contributed by atoms with Crippen LogP contribution < -0.4 is 0 Å². The number of quaternary nitrogens is 2. The maximum Gasteiger partial charge on any atom is 0.128 e. The zero-order chi connectivity index (χ0) is 12.9. The van der Waals surface area contributed by atoms with E-state index in [9.17, 15) is 0 Å². The summed E-state index contributed by atoms with van der Waals surface area (Å²) in [7, 11) is 11.4. The molecule has 0 bridgehead atoms. The van der Waals surface area contributed by atoms with Crippen molar-refractivity contribution >= 4 is 0 Å². The number of likely N-dealkylation sites (N-methyl/N-ethyl adjacent to an activating group) is 2. The van der Waals surface area contributed by atoms with Crippen molar-refractivity contribution in [2.45, 2.75) is 12.5 Å². The van der Waals surface area contributed by atoms with Crippen LogP contribution in [-0.2, 0) is 9.47 Å². The summed E-state index contributed by atoms with van der Waals surface area (Å²) in [6.07, 6.45) is 1.53. The van der Waals surface area contributed by atoms with Crippen molar-refractivity contribution in [1.29, 1.82) is 0 Å². The molecule has 1 rings (SSSR count). The average Bonchev–Trinajstić information content (AvgIpc) is 2.97. The zero-order valence-corrected chi connectivity index (χ0v) is 12.2. The van der Waals surface area contributed by atoms with Gasteiger partial charge in [-0.15, -0.1) is 0 Å². The van der Waals surface area contributed by atoms with Crippen LogP contribution >= 0.6 is 0 Å². The third-order valence-electron chi connectivity index (χ3n) is 3.13. The molecule has 0 saturated carbocycles. The molecule has 0 N–H and O–H groups in total. The van der Waals surface area contributed by atoms with Crippen LogP contribution in [0.1, 0.15) is 6.42 Å². The molecule has 17 heavy (non-hydrogen) atoms. The Labute approximate surface area is 106 Å².